The van der Waals surface area contributed by atoms with Crippen LogP contribution < -0.4 is 5.32 Å². The average molecular weight is 448 g/mol. The molecular formula is C19H15ClFN5O3S. The van der Waals surface area contributed by atoms with Gasteiger partial charge >= 0.3 is 0 Å². The van der Waals surface area contributed by atoms with E-state index in [0.29, 0.717) is 17.5 Å². The lowest BCUT2D eigenvalue weighted by Gasteiger charge is -2.09. The topological polar surface area (TPSA) is 103 Å². The van der Waals surface area contributed by atoms with E-state index in [1.165, 1.54) is 18.2 Å². The van der Waals surface area contributed by atoms with E-state index in [-0.39, 0.29) is 27.7 Å². The molecule has 8 nitrogen and oxygen atoms in total. The highest BCUT2D eigenvalue weighted by atomic mass is 35.5. The van der Waals surface area contributed by atoms with Crippen molar-refractivity contribution in [2.75, 3.05) is 11.1 Å². The van der Waals surface area contributed by atoms with Crippen LogP contribution in [0.1, 0.15) is 0 Å². The first-order chi connectivity index (χ1) is 14.4. The minimum Gasteiger partial charge on any atom is -0.320 e. The van der Waals surface area contributed by atoms with Gasteiger partial charge in [0.2, 0.25) is 5.91 Å². The van der Waals surface area contributed by atoms with Gasteiger partial charge in [-0.25, -0.2) is 4.39 Å². The first-order valence-electron chi connectivity index (χ1n) is 8.56. The normalized spacial score (nSPS) is 10.6. The fourth-order valence-electron chi connectivity index (χ4n) is 2.61. The monoisotopic (exact) mass is 447 g/mol. The molecule has 1 N–H and O–H groups in total. The maximum atomic E-state index is 14.2. The van der Waals surface area contributed by atoms with Crippen molar-refractivity contribution in [3.8, 4) is 11.4 Å². The van der Waals surface area contributed by atoms with Crippen LogP contribution in [0.25, 0.3) is 11.4 Å². The molecular weight excluding hydrogens is 433 g/mol. The van der Waals surface area contributed by atoms with Gasteiger partial charge in [0, 0.05) is 17.6 Å². The molecule has 0 aliphatic carbocycles. The number of allylic oxidation sites excluding steroid dienone is 1. The second kappa shape index (κ2) is 9.51. The van der Waals surface area contributed by atoms with Crippen LogP contribution in [0.2, 0.25) is 5.02 Å². The largest absolute Gasteiger partial charge is 0.320 e. The molecule has 0 saturated carbocycles. The van der Waals surface area contributed by atoms with Crippen LogP contribution in [0.3, 0.4) is 0 Å². The first-order valence-corrected chi connectivity index (χ1v) is 9.92. The van der Waals surface area contributed by atoms with E-state index in [0.717, 1.165) is 17.8 Å². The molecule has 0 fully saturated rings. The third kappa shape index (κ3) is 4.84. The number of nitro benzene ring substituents is 1. The predicted molar refractivity (Wildman–Crippen MR) is 113 cm³/mol. The van der Waals surface area contributed by atoms with Crippen molar-refractivity contribution in [3.05, 3.63) is 76.1 Å². The summed E-state index contributed by atoms with van der Waals surface area (Å²) in [6.45, 7) is 3.99. The molecule has 30 heavy (non-hydrogen) atoms. The molecule has 1 aromatic heterocycles. The highest BCUT2D eigenvalue weighted by Crippen LogP contribution is 2.29. The van der Waals surface area contributed by atoms with E-state index in [1.807, 2.05) is 0 Å². The van der Waals surface area contributed by atoms with Crippen molar-refractivity contribution in [3.63, 3.8) is 0 Å². The molecule has 0 bridgehead atoms. The number of nitrogens with one attached hydrogen (secondary N) is 1. The molecule has 0 aliphatic rings. The molecule has 3 aromatic rings. The van der Waals surface area contributed by atoms with Crippen molar-refractivity contribution in [2.24, 2.45) is 0 Å². The van der Waals surface area contributed by atoms with Gasteiger partial charge in [0.15, 0.2) is 11.0 Å². The molecule has 0 aliphatic heterocycles. The Balaban J connectivity index is 1.76. The number of aromatic nitrogens is 3. The van der Waals surface area contributed by atoms with Gasteiger partial charge in [0.25, 0.3) is 5.69 Å². The van der Waals surface area contributed by atoms with Gasteiger partial charge in [-0.1, -0.05) is 41.6 Å². The Morgan fingerprint density at radius 3 is 2.80 bits per heavy atom. The zero-order valence-corrected chi connectivity index (χ0v) is 17.0. The number of carbonyl (C=O) groups is 1. The van der Waals surface area contributed by atoms with Gasteiger partial charge in [-0.05, 0) is 24.3 Å². The minimum atomic E-state index is -0.629. The number of thioether (sulfide) groups is 1. The molecule has 154 valence electrons. The lowest BCUT2D eigenvalue weighted by Crippen LogP contribution is -2.15. The number of nitro groups is 1. The SMILES string of the molecule is C=CCn1c(SCC(=O)Nc2ccc(Cl)cc2[N+](=O)[O-])nnc1-c1ccccc1F. The Labute approximate surface area is 179 Å². The Morgan fingerprint density at radius 2 is 2.10 bits per heavy atom. The minimum absolute atomic E-state index is 0.0367. The van der Waals surface area contributed by atoms with E-state index in [9.17, 15) is 19.3 Å². The molecule has 0 unspecified atom stereocenters. The lowest BCUT2D eigenvalue weighted by molar-refractivity contribution is -0.383. The highest BCUT2D eigenvalue weighted by molar-refractivity contribution is 7.99. The third-order valence-electron chi connectivity index (χ3n) is 3.91. The predicted octanol–water partition coefficient (Wildman–Crippen LogP) is 4.56. The fraction of sp³-hybridized carbons (Fsp3) is 0.105. The quantitative estimate of drug-likeness (QED) is 0.235. The Morgan fingerprint density at radius 1 is 1.33 bits per heavy atom. The van der Waals surface area contributed by atoms with Gasteiger partial charge in [0.1, 0.15) is 11.5 Å². The van der Waals surface area contributed by atoms with E-state index in [2.05, 4.69) is 22.1 Å². The van der Waals surface area contributed by atoms with Crippen LogP contribution in [-0.4, -0.2) is 31.3 Å². The molecule has 3 rings (SSSR count). The molecule has 11 heteroatoms. The summed E-state index contributed by atoms with van der Waals surface area (Å²) in [6, 6.07) is 10.1. The van der Waals surface area contributed by atoms with Gasteiger partial charge < -0.3 is 5.32 Å². The van der Waals surface area contributed by atoms with Gasteiger partial charge in [-0.3, -0.25) is 19.5 Å². The van der Waals surface area contributed by atoms with Crippen molar-refractivity contribution in [1.82, 2.24) is 14.8 Å². The van der Waals surface area contributed by atoms with E-state index in [1.54, 1.807) is 28.8 Å². The number of anilines is 1. The van der Waals surface area contributed by atoms with Crippen molar-refractivity contribution in [2.45, 2.75) is 11.7 Å². The number of hydrogen-bond donors (Lipinski definition) is 1. The summed E-state index contributed by atoms with van der Waals surface area (Å²) in [7, 11) is 0. The zero-order valence-electron chi connectivity index (χ0n) is 15.4. The molecule has 2 aromatic carbocycles. The number of benzene rings is 2. The van der Waals surface area contributed by atoms with Gasteiger partial charge in [0.05, 0.1) is 16.2 Å². The number of rotatable bonds is 8. The molecule has 0 saturated heterocycles. The summed E-state index contributed by atoms with van der Waals surface area (Å²) in [5, 5.41) is 22.3. The Hall–Kier alpha value is -3.24. The van der Waals surface area contributed by atoms with E-state index >= 15 is 0 Å². The molecule has 1 amide bonds. The van der Waals surface area contributed by atoms with Crippen molar-refractivity contribution >= 4 is 40.6 Å². The first kappa shape index (κ1) is 21.5. The number of halogens is 2. The van der Waals surface area contributed by atoms with Crippen LogP contribution in [-0.2, 0) is 11.3 Å². The van der Waals surface area contributed by atoms with Crippen LogP contribution in [0.4, 0.5) is 15.8 Å². The maximum absolute atomic E-state index is 14.2. The number of nitrogens with zero attached hydrogens (tertiary/aromatic N) is 4. The van der Waals surface area contributed by atoms with Crippen LogP contribution >= 0.6 is 23.4 Å². The maximum Gasteiger partial charge on any atom is 0.294 e. The number of amides is 1. The summed E-state index contributed by atoms with van der Waals surface area (Å²) in [5.74, 6) is -0.707. The van der Waals surface area contributed by atoms with Crippen molar-refractivity contribution < 1.29 is 14.1 Å². The smallest absolute Gasteiger partial charge is 0.294 e. The summed E-state index contributed by atoms with van der Waals surface area (Å²) < 4.78 is 15.8. The standard InChI is InChI=1S/C19H15ClFN5O3S/c1-2-9-25-18(13-5-3-4-6-14(13)21)23-24-19(25)30-11-17(27)22-15-8-7-12(20)10-16(15)26(28)29/h2-8,10H,1,9,11H2,(H,22,27). The average Bonchev–Trinajstić information content (AvgIpc) is 3.10. The summed E-state index contributed by atoms with van der Waals surface area (Å²) in [4.78, 5) is 22.8. The molecule has 1 heterocycles. The van der Waals surface area contributed by atoms with Crippen LogP contribution in [0.15, 0.2) is 60.3 Å². The Kier molecular flexibility index (Phi) is 6.80. The highest BCUT2D eigenvalue weighted by Gasteiger charge is 2.19. The number of hydrogen-bond acceptors (Lipinski definition) is 6. The van der Waals surface area contributed by atoms with Crippen LogP contribution in [0, 0.1) is 15.9 Å². The van der Waals surface area contributed by atoms with E-state index in [4.69, 9.17) is 11.6 Å². The van der Waals surface area contributed by atoms with E-state index < -0.39 is 16.6 Å². The van der Waals surface area contributed by atoms with Gasteiger partial charge in [-0.2, -0.15) is 0 Å². The molecule has 0 atom stereocenters. The Bertz CT molecular complexity index is 1120. The third-order valence-corrected chi connectivity index (χ3v) is 5.11. The zero-order chi connectivity index (χ0) is 21.7. The fourth-order valence-corrected chi connectivity index (χ4v) is 3.52. The second-order valence-electron chi connectivity index (χ2n) is 5.94. The second-order valence-corrected chi connectivity index (χ2v) is 7.32. The molecule has 0 spiro atoms. The van der Waals surface area contributed by atoms with Gasteiger partial charge in [-0.15, -0.1) is 16.8 Å². The summed E-state index contributed by atoms with van der Waals surface area (Å²) >= 11 is 6.84. The number of carbonyl (C=O) groups excluding carboxylic acids is 1. The lowest BCUT2D eigenvalue weighted by atomic mass is 10.2. The molecule has 0 radical (unpaired) electrons. The van der Waals surface area contributed by atoms with Crippen molar-refractivity contribution in [1.29, 1.82) is 0 Å². The summed E-state index contributed by atoms with van der Waals surface area (Å²) in [6.07, 6.45) is 1.61. The van der Waals surface area contributed by atoms with Crippen LogP contribution in [0.5, 0.6) is 0 Å². The summed E-state index contributed by atoms with van der Waals surface area (Å²) in [5.41, 5.74) is 0.00654.